The Labute approximate surface area is 182 Å². The maximum Gasteiger partial charge on any atom is 0.0497 e. The van der Waals surface area contributed by atoms with Gasteiger partial charge in [0.25, 0.3) is 0 Å². The second-order valence-electron chi connectivity index (χ2n) is 8.81. The third kappa shape index (κ3) is 2.99. The standard InChI is InChI=1S/C30H27N/c1-2-3-4-9-16-31-28-13-8-7-12-26(28)30-27-20-25-18-22-11-6-5-10-21(22)17-24(25)19-23(27)14-15-29(30)31/h5-8,10-15,17-20H,2-4,9,16H2,1H3. The molecular formula is C30H27N. The molecule has 1 heteroatoms. The van der Waals surface area contributed by atoms with Crippen LogP contribution >= 0.6 is 0 Å². The van der Waals surface area contributed by atoms with E-state index in [2.05, 4.69) is 96.4 Å². The molecule has 0 N–H and O–H groups in total. The van der Waals surface area contributed by atoms with Crippen molar-refractivity contribution in [3.05, 3.63) is 84.9 Å². The molecule has 1 aromatic heterocycles. The minimum atomic E-state index is 1.09. The Morgan fingerprint density at radius 2 is 1.26 bits per heavy atom. The summed E-state index contributed by atoms with van der Waals surface area (Å²) < 4.78 is 2.55. The van der Waals surface area contributed by atoms with Crippen LogP contribution in [0.4, 0.5) is 0 Å². The first-order valence-corrected chi connectivity index (χ1v) is 11.6. The van der Waals surface area contributed by atoms with E-state index in [1.165, 1.54) is 79.8 Å². The zero-order valence-electron chi connectivity index (χ0n) is 18.1. The summed E-state index contributed by atoms with van der Waals surface area (Å²) in [5, 5.41) is 10.7. The molecule has 6 rings (SSSR count). The Kier molecular flexibility index (Phi) is 4.42. The number of benzene rings is 5. The van der Waals surface area contributed by atoms with Gasteiger partial charge in [0.1, 0.15) is 0 Å². The van der Waals surface area contributed by atoms with Crippen molar-refractivity contribution in [3.8, 4) is 0 Å². The highest BCUT2D eigenvalue weighted by atomic mass is 15.0. The topological polar surface area (TPSA) is 4.93 Å². The molecule has 0 amide bonds. The van der Waals surface area contributed by atoms with Gasteiger partial charge in [0.15, 0.2) is 0 Å². The molecule has 5 aromatic carbocycles. The van der Waals surface area contributed by atoms with E-state index in [0.29, 0.717) is 0 Å². The average molecular weight is 402 g/mol. The summed E-state index contributed by atoms with van der Waals surface area (Å²) in [6.45, 7) is 3.37. The van der Waals surface area contributed by atoms with Crippen LogP contribution in [-0.4, -0.2) is 4.57 Å². The Balaban J connectivity index is 1.63. The van der Waals surface area contributed by atoms with Crippen molar-refractivity contribution in [2.24, 2.45) is 0 Å². The summed E-state index contributed by atoms with van der Waals surface area (Å²) >= 11 is 0. The Bertz CT molecular complexity index is 1570. The van der Waals surface area contributed by atoms with Gasteiger partial charge >= 0.3 is 0 Å². The number of hydrogen-bond donors (Lipinski definition) is 0. The van der Waals surface area contributed by atoms with Gasteiger partial charge in [-0.2, -0.15) is 0 Å². The average Bonchev–Trinajstić information content (AvgIpc) is 3.13. The van der Waals surface area contributed by atoms with E-state index < -0.39 is 0 Å². The fourth-order valence-electron chi connectivity index (χ4n) is 5.25. The number of rotatable bonds is 5. The number of fused-ring (bicyclic) bond motifs is 7. The Morgan fingerprint density at radius 1 is 0.548 bits per heavy atom. The highest BCUT2D eigenvalue weighted by Crippen LogP contribution is 2.37. The molecule has 0 atom stereocenters. The van der Waals surface area contributed by atoms with E-state index in [1.54, 1.807) is 0 Å². The van der Waals surface area contributed by atoms with Crippen LogP contribution < -0.4 is 0 Å². The monoisotopic (exact) mass is 401 g/mol. The summed E-state index contributed by atoms with van der Waals surface area (Å²) in [6.07, 6.45) is 5.14. The quantitative estimate of drug-likeness (QED) is 0.201. The summed E-state index contributed by atoms with van der Waals surface area (Å²) in [6, 6.07) is 31.7. The van der Waals surface area contributed by atoms with Crippen molar-refractivity contribution in [2.45, 2.75) is 39.2 Å². The van der Waals surface area contributed by atoms with Gasteiger partial charge in [-0.3, -0.25) is 0 Å². The first kappa shape index (κ1) is 18.4. The smallest absolute Gasteiger partial charge is 0.0497 e. The zero-order valence-corrected chi connectivity index (χ0v) is 18.1. The number of nitrogens with zero attached hydrogens (tertiary/aromatic N) is 1. The molecule has 0 radical (unpaired) electrons. The minimum Gasteiger partial charge on any atom is -0.340 e. The SMILES string of the molecule is CCCCCCn1c2ccccc2c2c3cc4cc5ccccc5cc4cc3ccc21. The second-order valence-corrected chi connectivity index (χ2v) is 8.81. The molecule has 1 nitrogen and oxygen atoms in total. The summed E-state index contributed by atoms with van der Waals surface area (Å²) in [5.41, 5.74) is 2.73. The second kappa shape index (κ2) is 7.42. The Hall–Kier alpha value is -3.32. The summed E-state index contributed by atoms with van der Waals surface area (Å²) in [7, 11) is 0. The van der Waals surface area contributed by atoms with E-state index in [9.17, 15) is 0 Å². The van der Waals surface area contributed by atoms with Crippen LogP contribution in [0.5, 0.6) is 0 Å². The highest BCUT2D eigenvalue weighted by molar-refractivity contribution is 6.22. The maximum atomic E-state index is 2.55. The van der Waals surface area contributed by atoms with E-state index in [0.717, 1.165) is 6.54 Å². The fraction of sp³-hybridized carbons (Fsp3) is 0.200. The number of unbranched alkanes of at least 4 members (excludes halogenated alkanes) is 3. The van der Waals surface area contributed by atoms with Crippen LogP contribution in [0.2, 0.25) is 0 Å². The molecule has 0 fully saturated rings. The number of aromatic nitrogens is 1. The van der Waals surface area contributed by atoms with Gasteiger partial charge in [0.05, 0.1) is 0 Å². The van der Waals surface area contributed by atoms with Crippen molar-refractivity contribution in [3.63, 3.8) is 0 Å². The third-order valence-corrected chi connectivity index (χ3v) is 6.81. The normalized spacial score (nSPS) is 12.0. The number of hydrogen-bond acceptors (Lipinski definition) is 0. The molecule has 0 spiro atoms. The van der Waals surface area contributed by atoms with E-state index in [4.69, 9.17) is 0 Å². The van der Waals surface area contributed by atoms with E-state index in [-0.39, 0.29) is 0 Å². The molecule has 31 heavy (non-hydrogen) atoms. The first-order chi connectivity index (χ1) is 15.3. The highest BCUT2D eigenvalue weighted by Gasteiger charge is 2.13. The van der Waals surface area contributed by atoms with Crippen LogP contribution in [0.1, 0.15) is 32.6 Å². The van der Waals surface area contributed by atoms with Gasteiger partial charge in [-0.05, 0) is 75.1 Å². The molecular weight excluding hydrogens is 374 g/mol. The van der Waals surface area contributed by atoms with Gasteiger partial charge in [-0.1, -0.05) is 74.7 Å². The molecule has 0 aliphatic rings. The van der Waals surface area contributed by atoms with Gasteiger partial charge in [0, 0.05) is 28.4 Å². The molecule has 152 valence electrons. The van der Waals surface area contributed by atoms with Crippen LogP contribution in [0.3, 0.4) is 0 Å². The molecule has 0 saturated heterocycles. The third-order valence-electron chi connectivity index (χ3n) is 6.81. The molecule has 6 aromatic rings. The number of para-hydroxylation sites is 1. The van der Waals surface area contributed by atoms with Crippen molar-refractivity contribution in [1.29, 1.82) is 0 Å². The fourth-order valence-corrected chi connectivity index (χ4v) is 5.25. The van der Waals surface area contributed by atoms with E-state index >= 15 is 0 Å². The van der Waals surface area contributed by atoms with Gasteiger partial charge in [-0.15, -0.1) is 0 Å². The predicted molar refractivity (Wildman–Crippen MR) is 136 cm³/mol. The molecule has 0 bridgehead atoms. The van der Waals surface area contributed by atoms with E-state index in [1.807, 2.05) is 0 Å². The molecule has 0 aliphatic carbocycles. The lowest BCUT2D eigenvalue weighted by Crippen LogP contribution is -1.97. The first-order valence-electron chi connectivity index (χ1n) is 11.6. The van der Waals surface area contributed by atoms with Crippen molar-refractivity contribution >= 4 is 54.1 Å². The molecule has 0 saturated carbocycles. The molecule has 1 heterocycles. The molecule has 0 aliphatic heterocycles. The van der Waals surface area contributed by atoms with Gasteiger partial charge < -0.3 is 4.57 Å². The van der Waals surface area contributed by atoms with Gasteiger partial charge in [0.2, 0.25) is 0 Å². The van der Waals surface area contributed by atoms with Crippen LogP contribution in [0, 0.1) is 0 Å². The van der Waals surface area contributed by atoms with Crippen LogP contribution in [-0.2, 0) is 6.54 Å². The summed E-state index contributed by atoms with van der Waals surface area (Å²) in [4.78, 5) is 0. The van der Waals surface area contributed by atoms with Crippen molar-refractivity contribution in [2.75, 3.05) is 0 Å². The van der Waals surface area contributed by atoms with Crippen molar-refractivity contribution in [1.82, 2.24) is 4.57 Å². The lowest BCUT2D eigenvalue weighted by Gasteiger charge is -2.09. The largest absolute Gasteiger partial charge is 0.340 e. The zero-order chi connectivity index (χ0) is 20.8. The maximum absolute atomic E-state index is 2.55. The van der Waals surface area contributed by atoms with Crippen LogP contribution in [0.15, 0.2) is 84.9 Å². The van der Waals surface area contributed by atoms with Gasteiger partial charge in [-0.25, -0.2) is 0 Å². The van der Waals surface area contributed by atoms with Crippen LogP contribution in [0.25, 0.3) is 54.1 Å². The predicted octanol–water partition coefficient (Wildman–Crippen LogP) is 8.83. The lowest BCUT2D eigenvalue weighted by atomic mass is 9.97. The lowest BCUT2D eigenvalue weighted by molar-refractivity contribution is 0.602. The summed E-state index contributed by atoms with van der Waals surface area (Å²) in [5.74, 6) is 0. The number of aryl methyl sites for hydroxylation is 1. The van der Waals surface area contributed by atoms with Crippen molar-refractivity contribution < 1.29 is 0 Å². The Morgan fingerprint density at radius 3 is 2.06 bits per heavy atom. The minimum absolute atomic E-state index is 1.09. The molecule has 0 unspecified atom stereocenters.